The van der Waals surface area contributed by atoms with Gasteiger partial charge in [-0.1, -0.05) is 18.2 Å². The van der Waals surface area contributed by atoms with Crippen LogP contribution in [0.5, 0.6) is 0 Å². The van der Waals surface area contributed by atoms with Gasteiger partial charge in [0.05, 0.1) is 0 Å². The Morgan fingerprint density at radius 1 is 1.29 bits per heavy atom. The fraction of sp³-hybridized carbons (Fsp3) is 0.364. The fourth-order valence-corrected chi connectivity index (χ4v) is 1.09. The van der Waals surface area contributed by atoms with Gasteiger partial charge in [-0.05, 0) is 25.5 Å². The first-order valence-corrected chi connectivity index (χ1v) is 4.89. The maximum absolute atomic E-state index is 12.5. The minimum absolute atomic E-state index is 0.318. The summed E-state index contributed by atoms with van der Waals surface area (Å²) in [6.07, 6.45) is -4.79. The number of nitrogens with one attached hydrogen (secondary N) is 1. The summed E-state index contributed by atoms with van der Waals surface area (Å²) in [5, 5.41) is 2.17. The van der Waals surface area contributed by atoms with Crippen molar-refractivity contribution in [3.05, 3.63) is 29.8 Å². The predicted molar refractivity (Wildman–Crippen MR) is 58.5 cm³/mol. The van der Waals surface area contributed by atoms with Crippen molar-refractivity contribution in [2.75, 3.05) is 5.32 Å². The average Bonchev–Trinajstić information content (AvgIpc) is 2.19. The Bertz CT molecular complexity index is 427. The molecular formula is C11H13F3N2O. The van der Waals surface area contributed by atoms with Crippen molar-refractivity contribution in [1.82, 2.24) is 0 Å². The van der Waals surface area contributed by atoms with Crippen LogP contribution in [0.2, 0.25) is 0 Å². The molecule has 94 valence electrons. The molecule has 1 atom stereocenters. The topological polar surface area (TPSA) is 55.1 Å². The number of para-hydroxylation sites is 1. The monoisotopic (exact) mass is 246 g/mol. The molecule has 0 aliphatic heterocycles. The number of halogens is 3. The normalized spacial score (nSPS) is 15.2. The molecule has 0 radical (unpaired) electrons. The zero-order chi connectivity index (χ0) is 13.3. The summed E-state index contributed by atoms with van der Waals surface area (Å²) >= 11 is 0. The van der Waals surface area contributed by atoms with Gasteiger partial charge in [0.15, 0.2) is 5.54 Å². The molecule has 1 unspecified atom stereocenters. The highest BCUT2D eigenvalue weighted by Crippen LogP contribution is 2.29. The van der Waals surface area contributed by atoms with Crippen LogP contribution >= 0.6 is 0 Å². The van der Waals surface area contributed by atoms with Crippen LogP contribution in [-0.4, -0.2) is 17.6 Å². The summed E-state index contributed by atoms with van der Waals surface area (Å²) in [4.78, 5) is 11.5. The van der Waals surface area contributed by atoms with Crippen LogP contribution in [0, 0.1) is 6.92 Å². The third-order valence-corrected chi connectivity index (χ3v) is 2.45. The van der Waals surface area contributed by atoms with Crippen molar-refractivity contribution < 1.29 is 18.0 Å². The Labute approximate surface area is 96.8 Å². The van der Waals surface area contributed by atoms with Crippen LogP contribution < -0.4 is 11.1 Å². The zero-order valence-electron chi connectivity index (χ0n) is 9.43. The van der Waals surface area contributed by atoms with Gasteiger partial charge in [-0.15, -0.1) is 0 Å². The van der Waals surface area contributed by atoms with Crippen LogP contribution in [0.4, 0.5) is 18.9 Å². The highest BCUT2D eigenvalue weighted by atomic mass is 19.4. The van der Waals surface area contributed by atoms with E-state index in [2.05, 4.69) is 5.32 Å². The van der Waals surface area contributed by atoms with Crippen LogP contribution in [0.1, 0.15) is 12.5 Å². The molecule has 1 aromatic carbocycles. The molecule has 1 amide bonds. The molecule has 0 fully saturated rings. The van der Waals surface area contributed by atoms with E-state index in [1.807, 2.05) is 0 Å². The van der Waals surface area contributed by atoms with E-state index in [4.69, 9.17) is 5.73 Å². The van der Waals surface area contributed by atoms with Gasteiger partial charge in [-0.25, -0.2) is 0 Å². The molecule has 0 aliphatic carbocycles. The summed E-state index contributed by atoms with van der Waals surface area (Å²) in [7, 11) is 0. The van der Waals surface area contributed by atoms with Crippen molar-refractivity contribution in [1.29, 1.82) is 0 Å². The lowest BCUT2D eigenvalue weighted by Gasteiger charge is -2.26. The number of anilines is 1. The molecule has 0 saturated heterocycles. The van der Waals surface area contributed by atoms with Gasteiger partial charge in [0, 0.05) is 5.69 Å². The van der Waals surface area contributed by atoms with E-state index < -0.39 is 17.6 Å². The van der Waals surface area contributed by atoms with Gasteiger partial charge in [-0.2, -0.15) is 13.2 Å². The zero-order valence-corrected chi connectivity index (χ0v) is 9.43. The molecule has 3 nitrogen and oxygen atoms in total. The van der Waals surface area contributed by atoms with Gasteiger partial charge in [-0.3, -0.25) is 4.79 Å². The summed E-state index contributed by atoms with van der Waals surface area (Å²) in [6, 6.07) is 6.52. The minimum atomic E-state index is -4.79. The Morgan fingerprint density at radius 2 is 1.82 bits per heavy atom. The molecule has 17 heavy (non-hydrogen) atoms. The summed E-state index contributed by atoms with van der Waals surface area (Å²) < 4.78 is 37.5. The predicted octanol–water partition coefficient (Wildman–Crippen LogP) is 2.21. The van der Waals surface area contributed by atoms with Crippen LogP contribution in [0.3, 0.4) is 0 Å². The van der Waals surface area contributed by atoms with Crippen molar-refractivity contribution in [2.45, 2.75) is 25.6 Å². The second-order valence-corrected chi connectivity index (χ2v) is 3.97. The van der Waals surface area contributed by atoms with Crippen molar-refractivity contribution in [3.63, 3.8) is 0 Å². The molecule has 0 saturated carbocycles. The number of nitrogens with two attached hydrogens (primary N) is 1. The number of hydrogen-bond acceptors (Lipinski definition) is 2. The summed E-state index contributed by atoms with van der Waals surface area (Å²) in [5.74, 6) is -1.28. The second-order valence-electron chi connectivity index (χ2n) is 3.97. The SMILES string of the molecule is Cc1ccccc1NC(=O)C(C)(N)C(F)(F)F. The largest absolute Gasteiger partial charge is 0.415 e. The number of alkyl halides is 3. The van der Waals surface area contributed by atoms with E-state index >= 15 is 0 Å². The first kappa shape index (κ1) is 13.5. The van der Waals surface area contributed by atoms with Crippen molar-refractivity contribution in [3.8, 4) is 0 Å². The lowest BCUT2D eigenvalue weighted by Crippen LogP contribution is -2.59. The van der Waals surface area contributed by atoms with Gasteiger partial charge < -0.3 is 11.1 Å². The Balaban J connectivity index is 2.91. The average molecular weight is 246 g/mol. The van der Waals surface area contributed by atoms with E-state index in [-0.39, 0.29) is 0 Å². The molecular weight excluding hydrogens is 233 g/mol. The van der Waals surface area contributed by atoms with Gasteiger partial charge in [0.2, 0.25) is 0 Å². The van der Waals surface area contributed by atoms with Gasteiger partial charge in [0.1, 0.15) is 0 Å². The summed E-state index contributed by atoms with van der Waals surface area (Å²) in [5.41, 5.74) is 3.07. The third kappa shape index (κ3) is 2.76. The van der Waals surface area contributed by atoms with E-state index in [0.717, 1.165) is 0 Å². The Hall–Kier alpha value is -1.56. The second kappa shape index (κ2) is 4.37. The highest BCUT2D eigenvalue weighted by molar-refractivity contribution is 5.98. The lowest BCUT2D eigenvalue weighted by atomic mass is 10.0. The number of carbonyl (C=O) groups is 1. The molecule has 0 aliphatic rings. The number of hydrogen-bond donors (Lipinski definition) is 2. The van der Waals surface area contributed by atoms with E-state index in [9.17, 15) is 18.0 Å². The smallest absolute Gasteiger partial charge is 0.324 e. The Morgan fingerprint density at radius 3 is 2.29 bits per heavy atom. The quantitative estimate of drug-likeness (QED) is 0.840. The minimum Gasteiger partial charge on any atom is -0.324 e. The van der Waals surface area contributed by atoms with E-state index in [1.165, 1.54) is 6.07 Å². The molecule has 1 aromatic rings. The molecule has 1 rings (SSSR count). The first-order valence-electron chi connectivity index (χ1n) is 4.89. The molecule has 0 bridgehead atoms. The standard InChI is InChI=1S/C11H13F3N2O/c1-7-5-3-4-6-8(7)16-9(17)10(2,15)11(12,13)14/h3-6H,15H2,1-2H3,(H,16,17). The first-order chi connectivity index (χ1) is 7.66. The van der Waals surface area contributed by atoms with E-state index in [0.29, 0.717) is 18.2 Å². The molecule has 0 aromatic heterocycles. The molecule has 0 heterocycles. The summed E-state index contributed by atoms with van der Waals surface area (Å²) in [6.45, 7) is 2.32. The lowest BCUT2D eigenvalue weighted by molar-refractivity contribution is -0.184. The maximum Gasteiger partial charge on any atom is 0.415 e. The Kier molecular flexibility index (Phi) is 3.47. The van der Waals surface area contributed by atoms with Crippen LogP contribution in [0.25, 0.3) is 0 Å². The van der Waals surface area contributed by atoms with Crippen LogP contribution in [-0.2, 0) is 4.79 Å². The molecule has 0 spiro atoms. The maximum atomic E-state index is 12.5. The number of amides is 1. The van der Waals surface area contributed by atoms with Crippen LogP contribution in [0.15, 0.2) is 24.3 Å². The molecule has 6 heteroatoms. The van der Waals surface area contributed by atoms with Crippen molar-refractivity contribution in [2.24, 2.45) is 5.73 Å². The highest BCUT2D eigenvalue weighted by Gasteiger charge is 2.53. The third-order valence-electron chi connectivity index (χ3n) is 2.45. The van der Waals surface area contributed by atoms with Gasteiger partial charge >= 0.3 is 6.18 Å². The van der Waals surface area contributed by atoms with Crippen molar-refractivity contribution >= 4 is 11.6 Å². The number of carbonyl (C=O) groups excluding carboxylic acids is 1. The molecule has 3 N–H and O–H groups in total. The number of aryl methyl sites for hydroxylation is 1. The number of rotatable bonds is 2. The number of benzene rings is 1. The van der Waals surface area contributed by atoms with E-state index in [1.54, 1.807) is 25.1 Å². The van der Waals surface area contributed by atoms with Gasteiger partial charge in [0.25, 0.3) is 5.91 Å². The fourth-order valence-electron chi connectivity index (χ4n) is 1.09.